The molecule has 1 aromatic rings. The monoisotopic (exact) mass is 246 g/mol. The molecule has 0 bridgehead atoms. The first-order valence-electron chi connectivity index (χ1n) is 3.77. The number of ketones is 1. The van der Waals surface area contributed by atoms with E-state index >= 15 is 0 Å². The van der Waals surface area contributed by atoms with Crippen molar-refractivity contribution in [3.63, 3.8) is 0 Å². The van der Waals surface area contributed by atoms with Crippen LogP contribution in [-0.4, -0.2) is 10.9 Å². The Balaban J connectivity index is 3.28. The average molecular weight is 247 g/mol. The van der Waals surface area contributed by atoms with Gasteiger partial charge in [0, 0.05) is 6.42 Å². The van der Waals surface area contributed by atoms with Crippen molar-refractivity contribution in [1.29, 1.82) is 0 Å². The van der Waals surface area contributed by atoms with Gasteiger partial charge in [-0.1, -0.05) is 6.92 Å². The Kier molecular flexibility index (Phi) is 3.03. The van der Waals surface area contributed by atoms with Crippen molar-refractivity contribution < 1.29 is 14.3 Å². The number of rotatable bonds is 2. The van der Waals surface area contributed by atoms with Gasteiger partial charge in [0.25, 0.3) is 0 Å². The number of aromatic hydroxyl groups is 1. The van der Waals surface area contributed by atoms with Crippen molar-refractivity contribution in [3.05, 3.63) is 28.0 Å². The van der Waals surface area contributed by atoms with Crippen molar-refractivity contribution in [2.45, 2.75) is 13.3 Å². The summed E-state index contributed by atoms with van der Waals surface area (Å²) >= 11 is 2.95. The molecule has 0 aliphatic rings. The molecule has 0 unspecified atom stereocenters. The van der Waals surface area contributed by atoms with Gasteiger partial charge in [-0.3, -0.25) is 4.79 Å². The molecule has 1 N–H and O–H groups in total. The van der Waals surface area contributed by atoms with Crippen LogP contribution >= 0.6 is 15.9 Å². The number of phenols is 1. The first kappa shape index (κ1) is 10.2. The highest BCUT2D eigenvalue weighted by Gasteiger charge is 2.13. The number of benzene rings is 1. The highest BCUT2D eigenvalue weighted by atomic mass is 79.9. The molecule has 1 rings (SSSR count). The van der Waals surface area contributed by atoms with E-state index in [1.54, 1.807) is 6.92 Å². The van der Waals surface area contributed by atoms with E-state index < -0.39 is 5.82 Å². The highest BCUT2D eigenvalue weighted by Crippen LogP contribution is 2.29. The molecular formula is C9H8BrFO2. The fourth-order valence-electron chi connectivity index (χ4n) is 0.969. The molecule has 0 aliphatic carbocycles. The maximum absolute atomic E-state index is 12.8. The Morgan fingerprint density at radius 3 is 2.77 bits per heavy atom. The lowest BCUT2D eigenvalue weighted by molar-refractivity contribution is 0.0985. The first-order valence-corrected chi connectivity index (χ1v) is 4.56. The fraction of sp³-hybridized carbons (Fsp3) is 0.222. The number of phenolic OH excluding ortho intramolecular Hbond substituents is 1. The Hall–Kier alpha value is -0.900. The van der Waals surface area contributed by atoms with Gasteiger partial charge in [0.2, 0.25) is 0 Å². The van der Waals surface area contributed by atoms with E-state index in [0.29, 0.717) is 0 Å². The third kappa shape index (κ3) is 2.06. The summed E-state index contributed by atoms with van der Waals surface area (Å²) in [5, 5.41) is 9.39. The van der Waals surface area contributed by atoms with Gasteiger partial charge in [0.15, 0.2) is 5.78 Å². The van der Waals surface area contributed by atoms with Gasteiger partial charge in [-0.15, -0.1) is 0 Å². The minimum Gasteiger partial charge on any atom is -0.506 e. The van der Waals surface area contributed by atoms with E-state index in [1.807, 2.05) is 0 Å². The van der Waals surface area contributed by atoms with Gasteiger partial charge in [-0.2, -0.15) is 0 Å². The van der Waals surface area contributed by atoms with E-state index in [1.165, 1.54) is 0 Å². The second kappa shape index (κ2) is 3.87. The van der Waals surface area contributed by atoms with Crippen LogP contribution in [0.2, 0.25) is 0 Å². The van der Waals surface area contributed by atoms with Crippen molar-refractivity contribution in [2.24, 2.45) is 0 Å². The lowest BCUT2D eigenvalue weighted by atomic mass is 10.1. The van der Waals surface area contributed by atoms with E-state index in [9.17, 15) is 14.3 Å². The molecule has 0 amide bonds. The molecular weight excluding hydrogens is 239 g/mol. The summed E-state index contributed by atoms with van der Waals surface area (Å²) in [6, 6.07) is 2.15. The quantitative estimate of drug-likeness (QED) is 0.816. The minimum absolute atomic E-state index is 0.0226. The molecule has 0 atom stereocenters. The zero-order chi connectivity index (χ0) is 10.0. The van der Waals surface area contributed by atoms with Crippen LogP contribution in [0.1, 0.15) is 23.7 Å². The molecule has 1 aromatic carbocycles. The normalized spacial score (nSPS) is 10.1. The molecule has 0 saturated carbocycles. The van der Waals surface area contributed by atoms with Crippen LogP contribution in [0, 0.1) is 5.82 Å². The van der Waals surface area contributed by atoms with E-state index in [2.05, 4.69) is 15.9 Å². The maximum Gasteiger partial charge on any atom is 0.166 e. The van der Waals surface area contributed by atoms with Crippen LogP contribution in [0.5, 0.6) is 5.75 Å². The topological polar surface area (TPSA) is 37.3 Å². The predicted octanol–water partition coefficient (Wildman–Crippen LogP) is 2.89. The second-order valence-electron chi connectivity index (χ2n) is 2.56. The van der Waals surface area contributed by atoms with Gasteiger partial charge < -0.3 is 5.11 Å². The van der Waals surface area contributed by atoms with Gasteiger partial charge in [0.05, 0.1) is 10.0 Å². The van der Waals surface area contributed by atoms with Gasteiger partial charge in [-0.25, -0.2) is 4.39 Å². The van der Waals surface area contributed by atoms with Crippen molar-refractivity contribution in [2.75, 3.05) is 0 Å². The largest absolute Gasteiger partial charge is 0.506 e. The Labute approximate surface area is 83.5 Å². The SMILES string of the molecule is CCC(=O)c1cc(F)cc(Br)c1O. The molecule has 0 aromatic heterocycles. The Morgan fingerprint density at radius 2 is 2.23 bits per heavy atom. The first-order chi connectivity index (χ1) is 6.06. The molecule has 70 valence electrons. The predicted molar refractivity (Wildman–Crippen MR) is 50.4 cm³/mol. The van der Waals surface area contributed by atoms with Gasteiger partial charge in [-0.05, 0) is 28.1 Å². The zero-order valence-electron chi connectivity index (χ0n) is 6.97. The summed E-state index contributed by atoms with van der Waals surface area (Å²) in [6.07, 6.45) is 0.240. The molecule has 0 spiro atoms. The molecule has 0 heterocycles. The maximum atomic E-state index is 12.8. The smallest absolute Gasteiger partial charge is 0.166 e. The number of Topliss-reactive ketones (excluding diaryl/α,β-unsaturated/α-hetero) is 1. The van der Waals surface area contributed by atoms with E-state index in [0.717, 1.165) is 12.1 Å². The van der Waals surface area contributed by atoms with Crippen LogP contribution in [-0.2, 0) is 0 Å². The van der Waals surface area contributed by atoms with Crippen LogP contribution in [0.25, 0.3) is 0 Å². The second-order valence-corrected chi connectivity index (χ2v) is 3.41. The molecule has 0 aliphatic heterocycles. The van der Waals surface area contributed by atoms with E-state index in [4.69, 9.17) is 0 Å². The van der Waals surface area contributed by atoms with E-state index in [-0.39, 0.29) is 28.0 Å². The van der Waals surface area contributed by atoms with Crippen molar-refractivity contribution in [3.8, 4) is 5.75 Å². The van der Waals surface area contributed by atoms with Gasteiger partial charge in [0.1, 0.15) is 11.6 Å². The number of halogens is 2. The molecule has 13 heavy (non-hydrogen) atoms. The number of carbonyl (C=O) groups is 1. The molecule has 0 fully saturated rings. The lowest BCUT2D eigenvalue weighted by Gasteiger charge is -2.03. The summed E-state index contributed by atoms with van der Waals surface area (Å²) in [7, 11) is 0. The average Bonchev–Trinajstić information content (AvgIpc) is 2.10. The summed E-state index contributed by atoms with van der Waals surface area (Å²) in [4.78, 5) is 11.2. The minimum atomic E-state index is -0.540. The van der Waals surface area contributed by atoms with Crippen LogP contribution in [0.15, 0.2) is 16.6 Å². The van der Waals surface area contributed by atoms with Gasteiger partial charge >= 0.3 is 0 Å². The van der Waals surface area contributed by atoms with Crippen LogP contribution in [0.4, 0.5) is 4.39 Å². The van der Waals surface area contributed by atoms with Crippen LogP contribution in [0.3, 0.4) is 0 Å². The number of hydrogen-bond acceptors (Lipinski definition) is 2. The summed E-state index contributed by atoms with van der Waals surface area (Å²) in [5.41, 5.74) is 0.0226. The number of hydrogen-bond donors (Lipinski definition) is 1. The lowest BCUT2D eigenvalue weighted by Crippen LogP contribution is -1.98. The third-order valence-corrected chi connectivity index (χ3v) is 2.25. The standard InChI is InChI=1S/C9H8BrFO2/c1-2-8(12)6-3-5(11)4-7(10)9(6)13/h3-4,13H,2H2,1H3. The summed E-state index contributed by atoms with van der Waals surface area (Å²) in [5.74, 6) is -1.02. The number of carbonyl (C=O) groups excluding carboxylic acids is 1. The summed E-state index contributed by atoms with van der Waals surface area (Å²) in [6.45, 7) is 1.65. The van der Waals surface area contributed by atoms with Crippen molar-refractivity contribution in [1.82, 2.24) is 0 Å². The molecule has 2 nitrogen and oxygen atoms in total. The third-order valence-electron chi connectivity index (χ3n) is 1.65. The summed E-state index contributed by atoms with van der Waals surface area (Å²) < 4.78 is 13.0. The molecule has 0 saturated heterocycles. The fourth-order valence-corrected chi connectivity index (χ4v) is 1.40. The highest BCUT2D eigenvalue weighted by molar-refractivity contribution is 9.10. The molecule has 0 radical (unpaired) electrons. The molecule has 4 heteroatoms. The zero-order valence-corrected chi connectivity index (χ0v) is 8.56. The Bertz CT molecular complexity index is 350. The van der Waals surface area contributed by atoms with Crippen molar-refractivity contribution >= 4 is 21.7 Å². The van der Waals surface area contributed by atoms with Crippen LogP contribution < -0.4 is 0 Å². The Morgan fingerprint density at radius 1 is 1.62 bits per heavy atom.